The van der Waals surface area contributed by atoms with Crippen LogP contribution >= 0.6 is 11.3 Å². The summed E-state index contributed by atoms with van der Waals surface area (Å²) in [6, 6.07) is 0. The van der Waals surface area contributed by atoms with Crippen molar-refractivity contribution in [2.24, 2.45) is 0 Å². The second kappa shape index (κ2) is 5.78. The molecule has 2 aromatic rings. The molecule has 0 aliphatic heterocycles. The molecule has 0 bridgehead atoms. The van der Waals surface area contributed by atoms with E-state index in [0.717, 1.165) is 11.3 Å². The van der Waals surface area contributed by atoms with Gasteiger partial charge in [0.2, 0.25) is 0 Å². The summed E-state index contributed by atoms with van der Waals surface area (Å²) < 4.78 is 11.0. The van der Waals surface area contributed by atoms with Gasteiger partial charge < -0.3 is 9.47 Å². The highest BCUT2D eigenvalue weighted by Gasteiger charge is 2.27. The van der Waals surface area contributed by atoms with Crippen LogP contribution in [-0.4, -0.2) is 45.9 Å². The molecule has 0 saturated heterocycles. The van der Waals surface area contributed by atoms with Crippen molar-refractivity contribution in [3.63, 3.8) is 0 Å². The third kappa shape index (κ3) is 2.39. The zero-order valence-corrected chi connectivity index (χ0v) is 11.9. The van der Waals surface area contributed by atoms with Crippen LogP contribution in [0.5, 0.6) is 0 Å². The highest BCUT2D eigenvalue weighted by molar-refractivity contribution is 7.17. The Morgan fingerprint density at radius 3 is 2.70 bits per heavy atom. The molecule has 106 valence electrons. The maximum absolute atomic E-state index is 12.1. The van der Waals surface area contributed by atoms with Crippen LogP contribution < -0.4 is 0 Å². The minimum absolute atomic E-state index is 0.233. The summed E-state index contributed by atoms with van der Waals surface area (Å²) in [6.07, 6.45) is 1.34. The van der Waals surface area contributed by atoms with Gasteiger partial charge in [-0.05, 0) is 29.8 Å². The second-order valence-corrected chi connectivity index (χ2v) is 4.70. The number of rotatable bonds is 4. The molecule has 0 radical (unpaired) electrons. The zero-order chi connectivity index (χ0) is 14.7. The van der Waals surface area contributed by atoms with Crippen molar-refractivity contribution in [1.29, 1.82) is 0 Å². The van der Waals surface area contributed by atoms with Gasteiger partial charge in [-0.25, -0.2) is 9.59 Å². The van der Waals surface area contributed by atoms with E-state index in [1.54, 1.807) is 13.8 Å². The van der Waals surface area contributed by atoms with Crippen LogP contribution in [0.1, 0.15) is 32.5 Å². The van der Waals surface area contributed by atoms with Crippen LogP contribution in [0.15, 0.2) is 6.33 Å². The molecule has 2 rings (SSSR count). The third-order valence-electron chi connectivity index (χ3n) is 2.54. The van der Waals surface area contributed by atoms with Crippen LogP contribution in [0.25, 0.3) is 5.00 Å². The fraction of sp³-hybridized carbons (Fsp3) is 0.364. The van der Waals surface area contributed by atoms with Crippen molar-refractivity contribution in [1.82, 2.24) is 20.2 Å². The van der Waals surface area contributed by atoms with E-state index < -0.39 is 11.9 Å². The Morgan fingerprint density at radius 2 is 2.15 bits per heavy atom. The third-order valence-corrected chi connectivity index (χ3v) is 3.80. The van der Waals surface area contributed by atoms with Crippen LogP contribution in [0.2, 0.25) is 0 Å². The molecule has 0 atom stereocenters. The number of nitrogens with zero attached hydrogens (tertiary/aromatic N) is 4. The summed E-state index contributed by atoms with van der Waals surface area (Å²) in [7, 11) is 1.28. The lowest BCUT2D eigenvalue weighted by atomic mass is 10.1. The Bertz CT molecular complexity index is 635. The number of hydrogen-bond acceptors (Lipinski definition) is 8. The molecule has 0 aromatic carbocycles. The van der Waals surface area contributed by atoms with Crippen LogP contribution in [0.4, 0.5) is 0 Å². The maximum Gasteiger partial charge on any atom is 0.348 e. The van der Waals surface area contributed by atoms with Gasteiger partial charge in [0.1, 0.15) is 21.8 Å². The monoisotopic (exact) mass is 296 g/mol. The topological polar surface area (TPSA) is 96.2 Å². The quantitative estimate of drug-likeness (QED) is 0.776. The predicted molar refractivity (Wildman–Crippen MR) is 69.1 cm³/mol. The number of tetrazole rings is 1. The lowest BCUT2D eigenvalue weighted by molar-refractivity contribution is 0.0526. The van der Waals surface area contributed by atoms with Gasteiger partial charge in [0.15, 0.2) is 0 Å². The normalized spacial score (nSPS) is 10.3. The Kier molecular flexibility index (Phi) is 4.08. The number of methoxy groups -OCH3 is 1. The smallest absolute Gasteiger partial charge is 0.348 e. The molecule has 0 unspecified atom stereocenters. The molecule has 0 aliphatic carbocycles. The molecule has 0 aliphatic rings. The highest BCUT2D eigenvalue weighted by atomic mass is 32.1. The number of thiophene rings is 1. The van der Waals surface area contributed by atoms with Gasteiger partial charge >= 0.3 is 11.9 Å². The Balaban J connectivity index is 2.60. The standard InChI is InChI=1S/C11H12N4O4S/c1-4-19-10(16)7-6(2)8(11(17)18-3)20-9(7)15-5-12-13-14-15/h5H,4H2,1-3H3. The number of esters is 2. The summed E-state index contributed by atoms with van der Waals surface area (Å²) in [4.78, 5) is 24.1. The van der Waals surface area contributed by atoms with Crippen LogP contribution in [0, 0.1) is 6.92 Å². The number of ether oxygens (including phenoxy) is 2. The van der Waals surface area contributed by atoms with Crippen molar-refractivity contribution >= 4 is 23.3 Å². The first kappa shape index (κ1) is 14.1. The molecular formula is C11H12N4O4S. The van der Waals surface area contributed by atoms with Crippen molar-refractivity contribution in [2.45, 2.75) is 13.8 Å². The average molecular weight is 296 g/mol. The van der Waals surface area contributed by atoms with E-state index in [9.17, 15) is 9.59 Å². The molecule has 20 heavy (non-hydrogen) atoms. The van der Waals surface area contributed by atoms with E-state index in [4.69, 9.17) is 9.47 Å². The predicted octanol–water partition coefficient (Wildman–Crippen LogP) is 0.996. The van der Waals surface area contributed by atoms with Gasteiger partial charge in [0.05, 0.1) is 13.7 Å². The zero-order valence-electron chi connectivity index (χ0n) is 11.1. The second-order valence-electron chi connectivity index (χ2n) is 3.70. The van der Waals surface area contributed by atoms with Gasteiger partial charge in [-0.3, -0.25) is 0 Å². The molecule has 2 aromatic heterocycles. The summed E-state index contributed by atoms with van der Waals surface area (Å²) in [6.45, 7) is 3.59. The summed E-state index contributed by atoms with van der Waals surface area (Å²) in [5, 5.41) is 11.2. The fourth-order valence-corrected chi connectivity index (χ4v) is 2.78. The van der Waals surface area contributed by atoms with Gasteiger partial charge in [0, 0.05) is 0 Å². The van der Waals surface area contributed by atoms with E-state index in [-0.39, 0.29) is 12.2 Å². The SMILES string of the molecule is CCOC(=O)c1c(-n2cnnn2)sc(C(=O)OC)c1C. The molecule has 2 heterocycles. The fourth-order valence-electron chi connectivity index (χ4n) is 1.64. The van der Waals surface area contributed by atoms with E-state index in [0.29, 0.717) is 15.4 Å². The summed E-state index contributed by atoms with van der Waals surface area (Å²) in [5.41, 5.74) is 0.760. The minimum Gasteiger partial charge on any atom is -0.465 e. The number of aromatic nitrogens is 4. The van der Waals surface area contributed by atoms with Gasteiger partial charge in [-0.1, -0.05) is 0 Å². The first-order chi connectivity index (χ1) is 9.60. The van der Waals surface area contributed by atoms with Crippen molar-refractivity contribution in [3.05, 3.63) is 22.3 Å². The van der Waals surface area contributed by atoms with E-state index in [1.165, 1.54) is 18.1 Å². The Hall–Kier alpha value is -2.29. The number of carbonyl (C=O) groups excluding carboxylic acids is 2. The van der Waals surface area contributed by atoms with Gasteiger partial charge in [0.25, 0.3) is 0 Å². The maximum atomic E-state index is 12.1. The number of carbonyl (C=O) groups is 2. The molecule has 0 amide bonds. The van der Waals surface area contributed by atoms with Crippen molar-refractivity contribution in [2.75, 3.05) is 13.7 Å². The molecule has 9 heteroatoms. The van der Waals surface area contributed by atoms with E-state index in [2.05, 4.69) is 15.5 Å². The first-order valence-corrected chi connectivity index (χ1v) is 6.54. The lowest BCUT2D eigenvalue weighted by Crippen LogP contribution is -2.10. The molecule has 8 nitrogen and oxygen atoms in total. The molecule has 0 N–H and O–H groups in total. The molecular weight excluding hydrogens is 284 g/mol. The minimum atomic E-state index is -0.526. The lowest BCUT2D eigenvalue weighted by Gasteiger charge is -2.04. The molecule has 0 saturated carbocycles. The summed E-state index contributed by atoms with van der Waals surface area (Å²) >= 11 is 1.08. The van der Waals surface area contributed by atoms with E-state index >= 15 is 0 Å². The van der Waals surface area contributed by atoms with Gasteiger partial charge in [-0.15, -0.1) is 16.4 Å². The van der Waals surface area contributed by atoms with E-state index in [1.807, 2.05) is 0 Å². The summed E-state index contributed by atoms with van der Waals surface area (Å²) in [5.74, 6) is -1.04. The first-order valence-electron chi connectivity index (χ1n) is 5.72. The van der Waals surface area contributed by atoms with Crippen molar-refractivity contribution < 1.29 is 19.1 Å². The van der Waals surface area contributed by atoms with Crippen LogP contribution in [0.3, 0.4) is 0 Å². The largest absolute Gasteiger partial charge is 0.465 e. The van der Waals surface area contributed by atoms with Crippen molar-refractivity contribution in [3.8, 4) is 5.00 Å². The molecule has 0 fully saturated rings. The molecule has 0 spiro atoms. The van der Waals surface area contributed by atoms with Crippen LogP contribution in [-0.2, 0) is 9.47 Å². The Labute approximate surface area is 118 Å². The average Bonchev–Trinajstić information content (AvgIpc) is 3.05. The number of hydrogen-bond donors (Lipinski definition) is 0. The highest BCUT2D eigenvalue weighted by Crippen LogP contribution is 2.31. The van der Waals surface area contributed by atoms with Gasteiger partial charge in [-0.2, -0.15) is 4.68 Å². The Morgan fingerprint density at radius 1 is 1.40 bits per heavy atom.